The Kier molecular flexibility index (Phi) is 4.98. The van der Waals surface area contributed by atoms with Gasteiger partial charge in [0.15, 0.2) is 5.11 Å². The van der Waals surface area contributed by atoms with Gasteiger partial charge in [0, 0.05) is 44.5 Å². The fraction of sp³-hybridized carbons (Fsp3) is 0.429. The molecule has 1 heterocycles. The first-order chi connectivity index (χ1) is 10.7. The topological polar surface area (TPSA) is 61.6 Å². The highest BCUT2D eigenvalue weighted by Gasteiger charge is 2.36. The quantitative estimate of drug-likeness (QED) is 0.803. The maximum atomic E-state index is 13.3. The number of thiocarbonyl (C=S) groups is 1. The second kappa shape index (κ2) is 6.61. The molecule has 9 heteroatoms. The maximum Gasteiger partial charge on any atom is 0.418 e. The predicted octanol–water partition coefficient (Wildman–Crippen LogP) is 2.03. The van der Waals surface area contributed by atoms with Gasteiger partial charge in [-0.3, -0.25) is 4.79 Å². The Balaban J connectivity index is 2.28. The second-order valence-electron chi connectivity index (χ2n) is 5.21. The van der Waals surface area contributed by atoms with Crippen LogP contribution in [-0.4, -0.2) is 42.1 Å². The lowest BCUT2D eigenvalue weighted by Gasteiger charge is -2.36. The van der Waals surface area contributed by atoms with Crippen LogP contribution in [0, 0.1) is 0 Å². The Morgan fingerprint density at radius 3 is 2.35 bits per heavy atom. The van der Waals surface area contributed by atoms with Crippen LogP contribution < -0.4 is 16.0 Å². The summed E-state index contributed by atoms with van der Waals surface area (Å²) in [5.74, 6) is -0.0725. The number of nitrogens with zero attached hydrogens (tertiary/aromatic N) is 2. The summed E-state index contributed by atoms with van der Waals surface area (Å²) in [6.07, 6.45) is -4.50. The zero-order chi connectivity index (χ0) is 17.2. The molecular weight excluding hydrogens is 329 g/mol. The lowest BCUT2D eigenvalue weighted by Crippen LogP contribution is -2.48. The first-order valence-corrected chi connectivity index (χ1v) is 7.37. The molecule has 0 radical (unpaired) electrons. The molecule has 1 aromatic rings. The van der Waals surface area contributed by atoms with Gasteiger partial charge >= 0.3 is 6.18 Å². The van der Waals surface area contributed by atoms with E-state index >= 15 is 0 Å². The minimum Gasteiger partial charge on any atom is -0.376 e. The van der Waals surface area contributed by atoms with Crippen LogP contribution in [0.25, 0.3) is 0 Å². The zero-order valence-corrected chi connectivity index (χ0v) is 13.3. The van der Waals surface area contributed by atoms with Crippen molar-refractivity contribution >= 4 is 34.6 Å². The van der Waals surface area contributed by atoms with Gasteiger partial charge in [-0.15, -0.1) is 0 Å². The monoisotopic (exact) mass is 346 g/mol. The van der Waals surface area contributed by atoms with E-state index in [0.29, 0.717) is 26.2 Å². The summed E-state index contributed by atoms with van der Waals surface area (Å²) in [6.45, 7) is 2.96. The lowest BCUT2D eigenvalue weighted by atomic mass is 10.1. The number of nitrogens with two attached hydrogens (primary N) is 1. The highest BCUT2D eigenvalue weighted by Crippen LogP contribution is 2.38. The number of hydrogen-bond acceptors (Lipinski definition) is 3. The summed E-state index contributed by atoms with van der Waals surface area (Å²) < 4.78 is 40.0. The summed E-state index contributed by atoms with van der Waals surface area (Å²) >= 11 is 4.65. The van der Waals surface area contributed by atoms with Crippen molar-refractivity contribution in [1.82, 2.24) is 4.90 Å². The number of alkyl halides is 3. The Morgan fingerprint density at radius 2 is 1.87 bits per heavy atom. The third-order valence-corrected chi connectivity index (χ3v) is 3.74. The Morgan fingerprint density at radius 1 is 1.26 bits per heavy atom. The smallest absolute Gasteiger partial charge is 0.376 e. The average molecular weight is 346 g/mol. The summed E-state index contributed by atoms with van der Waals surface area (Å²) in [5.41, 5.74) is 4.83. The molecule has 126 valence electrons. The molecule has 1 amide bonds. The summed E-state index contributed by atoms with van der Waals surface area (Å²) in [7, 11) is 0. The van der Waals surface area contributed by atoms with Crippen molar-refractivity contribution in [1.29, 1.82) is 0 Å². The van der Waals surface area contributed by atoms with E-state index in [2.05, 4.69) is 17.5 Å². The molecule has 1 aromatic carbocycles. The van der Waals surface area contributed by atoms with Gasteiger partial charge in [-0.25, -0.2) is 0 Å². The fourth-order valence-electron chi connectivity index (χ4n) is 2.52. The molecule has 1 saturated heterocycles. The molecular formula is C14H17F3N4OS. The average Bonchev–Trinajstić information content (AvgIpc) is 2.46. The molecule has 0 unspecified atom stereocenters. The van der Waals surface area contributed by atoms with E-state index in [9.17, 15) is 18.0 Å². The van der Waals surface area contributed by atoms with Crippen LogP contribution in [0.5, 0.6) is 0 Å². The van der Waals surface area contributed by atoms with Crippen LogP contribution in [-0.2, 0) is 11.0 Å². The highest BCUT2D eigenvalue weighted by atomic mass is 32.1. The third kappa shape index (κ3) is 4.25. The van der Waals surface area contributed by atoms with Gasteiger partial charge in [-0.05, 0) is 30.4 Å². The van der Waals surface area contributed by atoms with E-state index in [0.717, 1.165) is 6.07 Å². The van der Waals surface area contributed by atoms with Gasteiger partial charge < -0.3 is 20.9 Å². The van der Waals surface area contributed by atoms with Gasteiger partial charge in [0.2, 0.25) is 5.91 Å². The molecule has 1 aliphatic heterocycles. The Hall–Kier alpha value is -2.03. The lowest BCUT2D eigenvalue weighted by molar-refractivity contribution is -0.137. The molecule has 0 bridgehead atoms. The third-order valence-electron chi connectivity index (χ3n) is 3.64. The molecule has 1 aliphatic rings. The molecule has 23 heavy (non-hydrogen) atoms. The number of amides is 1. The first kappa shape index (κ1) is 17.3. The van der Waals surface area contributed by atoms with Crippen LogP contribution in [0.3, 0.4) is 0 Å². The number of halogens is 3. The first-order valence-electron chi connectivity index (χ1n) is 6.96. The molecule has 0 aliphatic carbocycles. The number of carbonyl (C=O) groups is 1. The van der Waals surface area contributed by atoms with Crippen molar-refractivity contribution in [2.75, 3.05) is 36.4 Å². The summed E-state index contributed by atoms with van der Waals surface area (Å²) in [5, 5.41) is 2.41. The Labute approximate surface area is 137 Å². The van der Waals surface area contributed by atoms with Gasteiger partial charge in [0.25, 0.3) is 0 Å². The molecule has 3 N–H and O–H groups in total. The predicted molar refractivity (Wildman–Crippen MR) is 86.3 cm³/mol. The van der Waals surface area contributed by atoms with Crippen molar-refractivity contribution in [2.45, 2.75) is 13.1 Å². The minimum absolute atomic E-state index is 0.0725. The number of nitrogens with one attached hydrogen (secondary N) is 1. The SMILES string of the molecule is CC(=O)N1CCN(c2ccc(NC(N)=S)cc2C(F)(F)F)CC1. The molecule has 0 saturated carbocycles. The van der Waals surface area contributed by atoms with E-state index in [1.165, 1.54) is 19.1 Å². The highest BCUT2D eigenvalue weighted by molar-refractivity contribution is 7.80. The van der Waals surface area contributed by atoms with Crippen LogP contribution in [0.15, 0.2) is 18.2 Å². The summed E-state index contributed by atoms with van der Waals surface area (Å²) in [6, 6.07) is 3.89. The van der Waals surface area contributed by atoms with Crippen LogP contribution in [0.1, 0.15) is 12.5 Å². The van der Waals surface area contributed by atoms with Crippen LogP contribution in [0.4, 0.5) is 24.5 Å². The van der Waals surface area contributed by atoms with Crippen molar-refractivity contribution in [3.63, 3.8) is 0 Å². The molecule has 0 atom stereocenters. The minimum atomic E-state index is -4.50. The van der Waals surface area contributed by atoms with E-state index < -0.39 is 11.7 Å². The number of hydrogen-bond donors (Lipinski definition) is 2. The maximum absolute atomic E-state index is 13.3. The van der Waals surface area contributed by atoms with E-state index in [-0.39, 0.29) is 22.4 Å². The van der Waals surface area contributed by atoms with Crippen molar-refractivity contribution in [3.05, 3.63) is 23.8 Å². The fourth-order valence-corrected chi connectivity index (χ4v) is 2.64. The molecule has 1 fully saturated rings. The van der Waals surface area contributed by atoms with E-state index in [4.69, 9.17) is 5.73 Å². The van der Waals surface area contributed by atoms with Gasteiger partial charge in [0.05, 0.1) is 5.56 Å². The number of benzene rings is 1. The largest absolute Gasteiger partial charge is 0.418 e. The molecule has 0 aromatic heterocycles. The number of piperazine rings is 1. The van der Waals surface area contributed by atoms with Gasteiger partial charge in [-0.2, -0.15) is 13.2 Å². The number of anilines is 2. The van der Waals surface area contributed by atoms with E-state index in [1.807, 2.05) is 0 Å². The van der Waals surface area contributed by atoms with Crippen molar-refractivity contribution in [3.8, 4) is 0 Å². The second-order valence-corrected chi connectivity index (χ2v) is 5.65. The van der Waals surface area contributed by atoms with Crippen molar-refractivity contribution < 1.29 is 18.0 Å². The molecule has 5 nitrogen and oxygen atoms in total. The van der Waals surface area contributed by atoms with Crippen LogP contribution >= 0.6 is 12.2 Å². The standard InChI is InChI=1S/C14H17F3N4OS/c1-9(22)20-4-6-21(7-5-20)12-3-2-10(19-13(18)23)8-11(12)14(15,16)17/h2-3,8H,4-7H2,1H3,(H3,18,19,23). The number of carbonyl (C=O) groups excluding carboxylic acids is 1. The normalized spacial score (nSPS) is 15.5. The molecule has 0 spiro atoms. The van der Waals surface area contributed by atoms with Crippen LogP contribution in [0.2, 0.25) is 0 Å². The van der Waals surface area contributed by atoms with Crippen molar-refractivity contribution in [2.24, 2.45) is 5.73 Å². The number of rotatable bonds is 2. The van der Waals surface area contributed by atoms with Gasteiger partial charge in [-0.1, -0.05) is 0 Å². The van der Waals surface area contributed by atoms with Gasteiger partial charge in [0.1, 0.15) is 0 Å². The Bertz CT molecular complexity index is 613. The van der Waals surface area contributed by atoms with E-state index in [1.54, 1.807) is 9.80 Å². The zero-order valence-electron chi connectivity index (χ0n) is 12.5. The summed E-state index contributed by atoms with van der Waals surface area (Å²) in [4.78, 5) is 14.6. The molecule has 2 rings (SSSR count).